The van der Waals surface area contributed by atoms with Crippen LogP contribution in [0.1, 0.15) is 17.2 Å². The van der Waals surface area contributed by atoms with Gasteiger partial charge in [0.05, 0.1) is 0 Å². The fourth-order valence-corrected chi connectivity index (χ4v) is 1.63. The Hall–Kier alpha value is -0.970. The molecule has 0 saturated heterocycles. The van der Waals surface area contributed by atoms with E-state index in [9.17, 15) is 13.2 Å². The molecule has 1 unspecified atom stereocenters. The fourth-order valence-electron chi connectivity index (χ4n) is 1.63. The minimum Gasteiger partial charge on any atom is -0.364 e. The second-order valence-electron chi connectivity index (χ2n) is 3.14. The molecule has 2 nitrogen and oxygen atoms in total. The number of rotatable bonds is 0. The van der Waals surface area contributed by atoms with E-state index in [1.165, 1.54) is 0 Å². The van der Waals surface area contributed by atoms with Crippen molar-refractivity contribution in [1.82, 2.24) is 10.3 Å². The highest BCUT2D eigenvalue weighted by atomic mass is 19.4. The van der Waals surface area contributed by atoms with Crippen LogP contribution in [0.15, 0.2) is 12.3 Å². The predicted molar refractivity (Wildman–Crippen MR) is 41.3 cm³/mol. The summed E-state index contributed by atoms with van der Waals surface area (Å²) < 4.78 is 37.3. The molecule has 72 valence electrons. The lowest BCUT2D eigenvalue weighted by Crippen LogP contribution is -2.36. The van der Waals surface area contributed by atoms with Gasteiger partial charge in [-0.25, -0.2) is 0 Å². The van der Waals surface area contributed by atoms with E-state index in [0.29, 0.717) is 17.8 Å². The first kappa shape index (κ1) is 8.62. The number of H-pyrrole nitrogens is 1. The number of alkyl halides is 3. The van der Waals surface area contributed by atoms with Crippen LogP contribution in [-0.4, -0.2) is 17.7 Å². The Bertz CT molecular complexity index is 303. The van der Waals surface area contributed by atoms with Crippen molar-refractivity contribution >= 4 is 0 Å². The Morgan fingerprint density at radius 2 is 2.15 bits per heavy atom. The molecule has 1 aliphatic heterocycles. The highest BCUT2D eigenvalue weighted by molar-refractivity contribution is 5.28. The summed E-state index contributed by atoms with van der Waals surface area (Å²) in [7, 11) is 0. The molecule has 5 heteroatoms. The molecule has 0 fully saturated rings. The zero-order valence-electron chi connectivity index (χ0n) is 6.78. The van der Waals surface area contributed by atoms with Gasteiger partial charge in [-0.3, -0.25) is 0 Å². The summed E-state index contributed by atoms with van der Waals surface area (Å²) in [6.07, 6.45) is -2.61. The molecule has 0 radical (unpaired) electrons. The topological polar surface area (TPSA) is 27.8 Å². The smallest absolute Gasteiger partial charge is 0.364 e. The summed E-state index contributed by atoms with van der Waals surface area (Å²) in [5.74, 6) is -1.38. The summed E-state index contributed by atoms with van der Waals surface area (Å²) in [5, 5.41) is 2.74. The van der Waals surface area contributed by atoms with Crippen LogP contribution in [0.4, 0.5) is 13.2 Å². The average Bonchev–Trinajstić information content (AvgIpc) is 2.48. The van der Waals surface area contributed by atoms with Crippen molar-refractivity contribution in [2.24, 2.45) is 0 Å². The number of hydrogen-bond donors (Lipinski definition) is 2. The van der Waals surface area contributed by atoms with Crippen LogP contribution in [0.3, 0.4) is 0 Å². The largest absolute Gasteiger partial charge is 0.398 e. The van der Waals surface area contributed by atoms with E-state index in [1.807, 2.05) is 0 Å². The van der Waals surface area contributed by atoms with E-state index in [-0.39, 0.29) is 6.54 Å². The SMILES string of the molecule is FC(F)(F)C1CNCc2cc[nH]c21. The molecule has 2 heterocycles. The summed E-state index contributed by atoms with van der Waals surface area (Å²) in [4.78, 5) is 2.65. The molecule has 1 aromatic heterocycles. The van der Waals surface area contributed by atoms with Crippen LogP contribution in [0, 0.1) is 0 Å². The van der Waals surface area contributed by atoms with Crippen molar-refractivity contribution in [2.75, 3.05) is 6.54 Å². The van der Waals surface area contributed by atoms with Gasteiger partial charge in [0.2, 0.25) is 0 Å². The number of fused-ring (bicyclic) bond motifs is 1. The Kier molecular flexibility index (Phi) is 1.83. The maximum absolute atomic E-state index is 12.4. The molecule has 0 aliphatic carbocycles. The predicted octanol–water partition coefficient (Wildman–Crippen LogP) is 1.76. The van der Waals surface area contributed by atoms with Crippen LogP contribution in [0.2, 0.25) is 0 Å². The minimum absolute atomic E-state index is 0.0307. The zero-order chi connectivity index (χ0) is 9.47. The van der Waals surface area contributed by atoms with Crippen molar-refractivity contribution in [1.29, 1.82) is 0 Å². The normalized spacial score (nSPS) is 22.8. The monoisotopic (exact) mass is 190 g/mol. The summed E-state index contributed by atoms with van der Waals surface area (Å²) in [5.41, 5.74) is 1.03. The Balaban J connectivity index is 2.35. The van der Waals surface area contributed by atoms with Gasteiger partial charge in [0.25, 0.3) is 0 Å². The van der Waals surface area contributed by atoms with Crippen molar-refractivity contribution < 1.29 is 13.2 Å². The lowest BCUT2D eigenvalue weighted by molar-refractivity contribution is -0.151. The number of halogens is 3. The first-order valence-electron chi connectivity index (χ1n) is 4.02. The molecule has 1 aliphatic rings. The average molecular weight is 190 g/mol. The van der Waals surface area contributed by atoms with Crippen LogP contribution >= 0.6 is 0 Å². The molecule has 13 heavy (non-hydrogen) atoms. The van der Waals surface area contributed by atoms with Gasteiger partial charge < -0.3 is 10.3 Å². The molecule has 0 bridgehead atoms. The maximum Gasteiger partial charge on any atom is 0.398 e. The Labute approximate surface area is 73.1 Å². The van der Waals surface area contributed by atoms with Crippen molar-refractivity contribution in [3.8, 4) is 0 Å². The van der Waals surface area contributed by atoms with E-state index in [1.54, 1.807) is 12.3 Å². The number of hydrogen-bond acceptors (Lipinski definition) is 1. The number of aromatic nitrogens is 1. The molecule has 1 atom stereocenters. The van der Waals surface area contributed by atoms with Gasteiger partial charge >= 0.3 is 6.18 Å². The first-order chi connectivity index (χ1) is 6.09. The molecule has 0 spiro atoms. The molecule has 1 aromatic rings. The maximum atomic E-state index is 12.4. The van der Waals surface area contributed by atoms with Gasteiger partial charge in [-0.2, -0.15) is 13.2 Å². The lowest BCUT2D eigenvalue weighted by Gasteiger charge is -2.25. The molecule has 2 N–H and O–H groups in total. The van der Waals surface area contributed by atoms with Gasteiger partial charge in [0.1, 0.15) is 5.92 Å². The first-order valence-corrected chi connectivity index (χ1v) is 4.02. The number of aromatic amines is 1. The van der Waals surface area contributed by atoms with Gasteiger partial charge in [-0.05, 0) is 11.6 Å². The highest BCUT2D eigenvalue weighted by Crippen LogP contribution is 2.36. The molecular formula is C8H9F3N2. The summed E-state index contributed by atoms with van der Waals surface area (Å²) in [6, 6.07) is 1.68. The second-order valence-corrected chi connectivity index (χ2v) is 3.14. The molecule has 0 aromatic carbocycles. The third-order valence-electron chi connectivity index (χ3n) is 2.28. The van der Waals surface area contributed by atoms with E-state index in [4.69, 9.17) is 0 Å². The minimum atomic E-state index is -4.16. The van der Waals surface area contributed by atoms with E-state index in [0.717, 1.165) is 0 Å². The van der Waals surface area contributed by atoms with Crippen molar-refractivity contribution in [3.63, 3.8) is 0 Å². The third kappa shape index (κ3) is 1.44. The zero-order valence-corrected chi connectivity index (χ0v) is 6.78. The quantitative estimate of drug-likeness (QED) is 0.641. The van der Waals surface area contributed by atoms with Gasteiger partial charge in [0, 0.05) is 25.0 Å². The molecule has 0 amide bonds. The lowest BCUT2D eigenvalue weighted by atomic mass is 9.98. The molecular weight excluding hydrogens is 181 g/mol. The summed E-state index contributed by atoms with van der Waals surface area (Å²) >= 11 is 0. The van der Waals surface area contributed by atoms with E-state index < -0.39 is 12.1 Å². The fraction of sp³-hybridized carbons (Fsp3) is 0.500. The third-order valence-corrected chi connectivity index (χ3v) is 2.28. The van der Waals surface area contributed by atoms with Crippen LogP contribution < -0.4 is 5.32 Å². The van der Waals surface area contributed by atoms with Gasteiger partial charge in [-0.15, -0.1) is 0 Å². The van der Waals surface area contributed by atoms with E-state index in [2.05, 4.69) is 10.3 Å². The molecule has 2 rings (SSSR count). The second kappa shape index (κ2) is 2.77. The van der Waals surface area contributed by atoms with Crippen molar-refractivity contribution in [2.45, 2.75) is 18.6 Å². The van der Waals surface area contributed by atoms with E-state index >= 15 is 0 Å². The standard InChI is InChI=1S/C8H9F3N2/c9-8(10,11)6-4-12-3-5-1-2-13-7(5)6/h1-2,6,12-13H,3-4H2. The summed E-state index contributed by atoms with van der Waals surface area (Å²) in [6.45, 7) is 0.489. The number of nitrogens with one attached hydrogen (secondary N) is 2. The Morgan fingerprint density at radius 1 is 1.38 bits per heavy atom. The van der Waals surface area contributed by atoms with Gasteiger partial charge in [-0.1, -0.05) is 0 Å². The Morgan fingerprint density at radius 3 is 2.85 bits per heavy atom. The van der Waals surface area contributed by atoms with Crippen LogP contribution in [-0.2, 0) is 6.54 Å². The van der Waals surface area contributed by atoms with Gasteiger partial charge in [0.15, 0.2) is 0 Å². The van der Waals surface area contributed by atoms with Crippen molar-refractivity contribution in [3.05, 3.63) is 23.5 Å². The van der Waals surface area contributed by atoms with Crippen LogP contribution in [0.25, 0.3) is 0 Å². The van der Waals surface area contributed by atoms with Crippen LogP contribution in [0.5, 0.6) is 0 Å². The molecule has 0 saturated carbocycles. The highest BCUT2D eigenvalue weighted by Gasteiger charge is 2.43.